The molecule has 5 aromatic rings. The molecule has 0 radical (unpaired) electrons. The zero-order valence-electron chi connectivity index (χ0n) is 19.8. The molecule has 36 heavy (non-hydrogen) atoms. The molecule has 0 amide bonds. The number of aryl methyl sites for hydroxylation is 1. The molecule has 0 saturated heterocycles. The maximum Gasteiger partial charge on any atom is 0.344 e. The van der Waals surface area contributed by atoms with Gasteiger partial charge in [0.25, 0.3) is 0 Å². The molecule has 0 aliphatic carbocycles. The second-order valence-corrected chi connectivity index (χ2v) is 8.23. The van der Waals surface area contributed by atoms with E-state index in [-0.39, 0.29) is 0 Å². The second kappa shape index (κ2) is 9.87. The van der Waals surface area contributed by atoms with Crippen molar-refractivity contribution in [1.29, 1.82) is 0 Å². The highest BCUT2D eigenvalue weighted by Gasteiger charge is 2.23. The van der Waals surface area contributed by atoms with Crippen LogP contribution in [0.4, 0.5) is 11.5 Å². The van der Waals surface area contributed by atoms with Gasteiger partial charge in [0, 0.05) is 23.5 Å². The van der Waals surface area contributed by atoms with Crippen LogP contribution >= 0.6 is 0 Å². The van der Waals surface area contributed by atoms with Crippen molar-refractivity contribution in [3.63, 3.8) is 0 Å². The Hall–Kier alpha value is -4.72. The van der Waals surface area contributed by atoms with E-state index in [2.05, 4.69) is 28.3 Å². The number of benzene rings is 2. The third kappa shape index (κ3) is 4.61. The zero-order valence-corrected chi connectivity index (χ0v) is 19.8. The molecule has 2 N–H and O–H groups in total. The third-order valence-electron chi connectivity index (χ3n) is 5.77. The van der Waals surface area contributed by atoms with Gasteiger partial charge in [-0.15, -0.1) is 0 Å². The maximum absolute atomic E-state index is 11.2. The van der Waals surface area contributed by atoms with Crippen molar-refractivity contribution in [3.8, 4) is 28.3 Å². The lowest BCUT2D eigenvalue weighted by atomic mass is 10.0. The van der Waals surface area contributed by atoms with Crippen molar-refractivity contribution in [3.05, 3.63) is 84.8 Å². The smallest absolute Gasteiger partial charge is 0.344 e. The summed E-state index contributed by atoms with van der Waals surface area (Å²) in [5, 5.41) is 13.2. The highest BCUT2D eigenvalue weighted by atomic mass is 16.5. The normalized spacial score (nSPS) is 11.8. The van der Waals surface area contributed by atoms with Crippen LogP contribution in [0.1, 0.15) is 19.4 Å². The Morgan fingerprint density at radius 2 is 1.89 bits per heavy atom. The number of hydrogen-bond acceptors (Lipinski definition) is 7. The van der Waals surface area contributed by atoms with Crippen LogP contribution in [-0.4, -0.2) is 32.1 Å². The fourth-order valence-electron chi connectivity index (χ4n) is 3.89. The summed E-state index contributed by atoms with van der Waals surface area (Å²) in [6.07, 6.45) is 3.22. The van der Waals surface area contributed by atoms with Crippen molar-refractivity contribution in [1.82, 2.24) is 15.0 Å². The Morgan fingerprint density at radius 1 is 1.06 bits per heavy atom. The summed E-state index contributed by atoms with van der Waals surface area (Å²) in [5.74, 6) is 0.572. The minimum absolute atomic E-state index is 0.425. The van der Waals surface area contributed by atoms with Gasteiger partial charge in [-0.3, -0.25) is 4.98 Å². The van der Waals surface area contributed by atoms with Crippen molar-refractivity contribution in [2.45, 2.75) is 26.4 Å². The lowest BCUT2D eigenvalue weighted by Crippen LogP contribution is -2.22. The standard InChI is InChI=1S/C28H24N4O4/c1-3-18-12-13-22(29-15-18)23-24-26(32-20-10-7-11-21(14-20)35-17(2)28(33)34)30-16-31-27(24)36-25(23)19-8-5-4-6-9-19/h4-17H,3H2,1-2H3,(H,33,34)(H,30,31,32). The predicted molar refractivity (Wildman–Crippen MR) is 137 cm³/mol. The lowest BCUT2D eigenvalue weighted by molar-refractivity contribution is -0.144. The van der Waals surface area contributed by atoms with E-state index in [0.29, 0.717) is 34.1 Å². The number of aromatic nitrogens is 3. The molecule has 0 fully saturated rings. The molecule has 0 saturated carbocycles. The number of furan rings is 1. The minimum Gasteiger partial charge on any atom is -0.479 e. The summed E-state index contributed by atoms with van der Waals surface area (Å²) in [6, 6.07) is 20.9. The molecule has 1 unspecified atom stereocenters. The van der Waals surface area contributed by atoms with E-state index in [0.717, 1.165) is 28.8 Å². The average Bonchev–Trinajstić information content (AvgIpc) is 3.30. The first-order valence-electron chi connectivity index (χ1n) is 11.6. The van der Waals surface area contributed by atoms with Crippen LogP contribution in [0.5, 0.6) is 5.75 Å². The van der Waals surface area contributed by atoms with Crippen molar-refractivity contribution >= 4 is 28.6 Å². The molecule has 0 aliphatic rings. The van der Waals surface area contributed by atoms with Crippen LogP contribution in [0.15, 0.2) is 83.7 Å². The van der Waals surface area contributed by atoms with E-state index >= 15 is 0 Å². The van der Waals surface area contributed by atoms with Gasteiger partial charge in [-0.2, -0.15) is 0 Å². The predicted octanol–water partition coefficient (Wildman–Crippen LogP) is 6.11. The summed E-state index contributed by atoms with van der Waals surface area (Å²) in [4.78, 5) is 24.8. The number of anilines is 2. The summed E-state index contributed by atoms with van der Waals surface area (Å²) in [6.45, 7) is 3.57. The molecular formula is C28H24N4O4. The van der Waals surface area contributed by atoms with Gasteiger partial charge in [0.15, 0.2) is 6.10 Å². The number of aliphatic carboxylic acids is 1. The van der Waals surface area contributed by atoms with Gasteiger partial charge in [0.05, 0.1) is 16.6 Å². The number of hydrogen-bond donors (Lipinski definition) is 2. The van der Waals surface area contributed by atoms with E-state index in [4.69, 9.17) is 19.2 Å². The van der Waals surface area contributed by atoms with E-state index in [1.807, 2.05) is 48.7 Å². The van der Waals surface area contributed by atoms with Gasteiger partial charge in [0.2, 0.25) is 5.71 Å². The molecule has 5 rings (SSSR count). The first-order valence-corrected chi connectivity index (χ1v) is 11.6. The summed E-state index contributed by atoms with van der Waals surface area (Å²) >= 11 is 0. The van der Waals surface area contributed by atoms with Crippen LogP contribution < -0.4 is 10.1 Å². The molecule has 3 aromatic heterocycles. The van der Waals surface area contributed by atoms with Gasteiger partial charge in [-0.1, -0.05) is 49.4 Å². The van der Waals surface area contributed by atoms with Gasteiger partial charge in [0.1, 0.15) is 23.7 Å². The van der Waals surface area contributed by atoms with Crippen molar-refractivity contribution in [2.75, 3.05) is 5.32 Å². The van der Waals surface area contributed by atoms with Crippen molar-refractivity contribution in [2.24, 2.45) is 0 Å². The van der Waals surface area contributed by atoms with E-state index in [1.54, 1.807) is 18.2 Å². The van der Waals surface area contributed by atoms with Gasteiger partial charge in [-0.25, -0.2) is 14.8 Å². The number of nitrogens with one attached hydrogen (secondary N) is 1. The Labute approximate surface area is 207 Å². The quantitative estimate of drug-likeness (QED) is 0.274. The third-order valence-corrected chi connectivity index (χ3v) is 5.77. The topological polar surface area (TPSA) is 110 Å². The Morgan fingerprint density at radius 3 is 2.61 bits per heavy atom. The number of carbonyl (C=O) groups is 1. The summed E-state index contributed by atoms with van der Waals surface area (Å²) < 4.78 is 11.8. The molecule has 180 valence electrons. The Kier molecular flexibility index (Phi) is 6.32. The number of nitrogens with zero attached hydrogens (tertiary/aromatic N) is 3. The largest absolute Gasteiger partial charge is 0.479 e. The van der Waals surface area contributed by atoms with Crippen LogP contribution in [0.25, 0.3) is 33.7 Å². The maximum atomic E-state index is 11.2. The highest BCUT2D eigenvalue weighted by molar-refractivity contribution is 6.05. The molecule has 1 atom stereocenters. The van der Waals surface area contributed by atoms with Crippen LogP contribution in [0, 0.1) is 0 Å². The van der Waals surface area contributed by atoms with Gasteiger partial charge >= 0.3 is 5.97 Å². The molecule has 2 aromatic carbocycles. The average molecular weight is 481 g/mol. The number of pyridine rings is 1. The minimum atomic E-state index is -1.04. The molecule has 8 nitrogen and oxygen atoms in total. The molecule has 8 heteroatoms. The number of carboxylic acids is 1. The van der Waals surface area contributed by atoms with Crippen molar-refractivity contribution < 1.29 is 19.1 Å². The van der Waals surface area contributed by atoms with Crippen LogP contribution in [-0.2, 0) is 11.2 Å². The first kappa shape index (κ1) is 23.0. The lowest BCUT2D eigenvalue weighted by Gasteiger charge is -2.12. The monoisotopic (exact) mass is 480 g/mol. The fraction of sp³-hybridized carbons (Fsp3) is 0.143. The van der Waals surface area contributed by atoms with Crippen LogP contribution in [0.2, 0.25) is 0 Å². The molecular weight excluding hydrogens is 456 g/mol. The second-order valence-electron chi connectivity index (χ2n) is 8.23. The van der Waals surface area contributed by atoms with E-state index < -0.39 is 12.1 Å². The van der Waals surface area contributed by atoms with E-state index in [1.165, 1.54) is 13.3 Å². The number of carboxylic acid groups (broad SMARTS) is 1. The van der Waals surface area contributed by atoms with Crippen LogP contribution in [0.3, 0.4) is 0 Å². The highest BCUT2D eigenvalue weighted by Crippen LogP contribution is 2.42. The number of rotatable bonds is 8. The first-order chi connectivity index (χ1) is 17.5. The SMILES string of the molecule is CCc1ccc(-c2c(-c3ccccc3)oc3ncnc(Nc4cccc(OC(C)C(=O)O)c4)c23)nc1. The molecule has 0 bridgehead atoms. The zero-order chi connectivity index (χ0) is 25.1. The molecule has 0 spiro atoms. The molecule has 3 heterocycles. The Balaban J connectivity index is 1.63. The van der Waals surface area contributed by atoms with Gasteiger partial charge in [-0.05, 0) is 37.1 Å². The van der Waals surface area contributed by atoms with E-state index in [9.17, 15) is 4.79 Å². The van der Waals surface area contributed by atoms with Gasteiger partial charge < -0.3 is 19.6 Å². The fourth-order valence-corrected chi connectivity index (χ4v) is 3.89. The summed E-state index contributed by atoms with van der Waals surface area (Å²) in [5.41, 5.74) is 4.66. The number of fused-ring (bicyclic) bond motifs is 1. The number of ether oxygens (including phenoxy) is 1. The Bertz CT molecular complexity index is 1510. The summed E-state index contributed by atoms with van der Waals surface area (Å²) in [7, 11) is 0. The molecule has 0 aliphatic heterocycles.